The van der Waals surface area contributed by atoms with Gasteiger partial charge < -0.3 is 4.74 Å². The van der Waals surface area contributed by atoms with Crippen LogP contribution in [0.4, 0.5) is 0 Å². The molecule has 2 rings (SSSR count). The average Bonchev–Trinajstić information content (AvgIpc) is 2.70. The van der Waals surface area contributed by atoms with Crippen LogP contribution in [0.2, 0.25) is 0 Å². The lowest BCUT2D eigenvalue weighted by Gasteiger charge is -2.06. The molecule has 0 saturated carbocycles. The predicted molar refractivity (Wildman–Crippen MR) is 58.8 cm³/mol. The highest BCUT2D eigenvalue weighted by Crippen LogP contribution is 2.32. The zero-order chi connectivity index (χ0) is 9.97. The van der Waals surface area contributed by atoms with Gasteiger partial charge in [0.05, 0.1) is 12.0 Å². The van der Waals surface area contributed by atoms with Gasteiger partial charge in [-0.1, -0.05) is 6.07 Å². The molecular formula is C11H11NOS. The van der Waals surface area contributed by atoms with Gasteiger partial charge in [-0.05, 0) is 42.2 Å². The monoisotopic (exact) mass is 205 g/mol. The van der Waals surface area contributed by atoms with E-state index in [2.05, 4.69) is 23.4 Å². The first-order valence-electron chi connectivity index (χ1n) is 4.37. The van der Waals surface area contributed by atoms with Gasteiger partial charge in [0.2, 0.25) is 0 Å². The van der Waals surface area contributed by atoms with Gasteiger partial charge in [-0.2, -0.15) is 0 Å². The van der Waals surface area contributed by atoms with Crippen LogP contribution in [0.25, 0.3) is 10.4 Å². The van der Waals surface area contributed by atoms with E-state index in [1.807, 2.05) is 12.1 Å². The summed E-state index contributed by atoms with van der Waals surface area (Å²) in [6.45, 7) is 2.05. The number of methoxy groups -OCH3 is 1. The zero-order valence-electron chi connectivity index (χ0n) is 8.15. The van der Waals surface area contributed by atoms with Gasteiger partial charge in [-0.25, -0.2) is 4.37 Å². The largest absolute Gasteiger partial charge is 0.496 e. The van der Waals surface area contributed by atoms with Crippen LogP contribution in [-0.4, -0.2) is 11.5 Å². The fraction of sp³-hybridized carbons (Fsp3) is 0.182. The van der Waals surface area contributed by atoms with E-state index in [1.54, 1.807) is 13.3 Å². The number of hydrogen-bond donors (Lipinski definition) is 0. The van der Waals surface area contributed by atoms with Crippen LogP contribution >= 0.6 is 11.5 Å². The topological polar surface area (TPSA) is 22.1 Å². The Labute approximate surface area is 87.3 Å². The minimum Gasteiger partial charge on any atom is -0.496 e. The van der Waals surface area contributed by atoms with E-state index in [9.17, 15) is 0 Å². The lowest BCUT2D eigenvalue weighted by Crippen LogP contribution is -1.87. The van der Waals surface area contributed by atoms with Crippen LogP contribution in [0.5, 0.6) is 5.75 Å². The Hall–Kier alpha value is -1.35. The van der Waals surface area contributed by atoms with E-state index in [4.69, 9.17) is 4.74 Å². The third-order valence-electron chi connectivity index (χ3n) is 2.06. The normalized spacial score (nSPS) is 10.1. The fourth-order valence-electron chi connectivity index (χ4n) is 1.36. The minimum absolute atomic E-state index is 0.911. The summed E-state index contributed by atoms with van der Waals surface area (Å²) in [5.41, 5.74) is 2.32. The van der Waals surface area contributed by atoms with Gasteiger partial charge in [0.25, 0.3) is 0 Å². The Balaban J connectivity index is 2.53. The van der Waals surface area contributed by atoms with E-state index in [0.29, 0.717) is 0 Å². The molecule has 0 saturated heterocycles. The second-order valence-corrected chi connectivity index (χ2v) is 3.91. The Morgan fingerprint density at radius 1 is 1.29 bits per heavy atom. The third-order valence-corrected chi connectivity index (χ3v) is 2.84. The molecule has 0 amide bonds. The summed E-state index contributed by atoms with van der Waals surface area (Å²) in [6, 6.07) is 8.19. The SMILES string of the molecule is COc1cc(C)ccc1-c1ccns1. The molecule has 0 aliphatic heterocycles. The van der Waals surface area contributed by atoms with Crippen LogP contribution in [-0.2, 0) is 0 Å². The summed E-state index contributed by atoms with van der Waals surface area (Å²) >= 11 is 1.48. The van der Waals surface area contributed by atoms with Crippen LogP contribution in [0.1, 0.15) is 5.56 Å². The molecule has 0 atom stereocenters. The van der Waals surface area contributed by atoms with E-state index in [-0.39, 0.29) is 0 Å². The van der Waals surface area contributed by atoms with Crippen molar-refractivity contribution in [3.63, 3.8) is 0 Å². The van der Waals surface area contributed by atoms with Crippen molar-refractivity contribution in [2.24, 2.45) is 0 Å². The number of nitrogens with zero attached hydrogens (tertiary/aromatic N) is 1. The van der Waals surface area contributed by atoms with Crippen LogP contribution in [0, 0.1) is 6.92 Å². The minimum atomic E-state index is 0.911. The molecule has 1 heterocycles. The second kappa shape index (κ2) is 3.80. The number of rotatable bonds is 2. The van der Waals surface area contributed by atoms with Crippen LogP contribution < -0.4 is 4.74 Å². The summed E-state index contributed by atoms with van der Waals surface area (Å²) in [5.74, 6) is 0.911. The van der Waals surface area contributed by atoms with E-state index >= 15 is 0 Å². The lowest BCUT2D eigenvalue weighted by molar-refractivity contribution is 0.416. The smallest absolute Gasteiger partial charge is 0.127 e. The Morgan fingerprint density at radius 3 is 2.79 bits per heavy atom. The summed E-state index contributed by atoms with van der Waals surface area (Å²) in [7, 11) is 1.69. The summed E-state index contributed by atoms with van der Waals surface area (Å²) in [6.07, 6.45) is 1.80. The number of ether oxygens (including phenoxy) is 1. The lowest BCUT2D eigenvalue weighted by atomic mass is 10.1. The number of benzene rings is 1. The second-order valence-electron chi connectivity index (χ2n) is 3.08. The molecule has 72 valence electrons. The van der Waals surface area contributed by atoms with Crippen molar-refractivity contribution in [1.29, 1.82) is 0 Å². The predicted octanol–water partition coefficient (Wildman–Crippen LogP) is 3.13. The third kappa shape index (κ3) is 1.63. The van der Waals surface area contributed by atoms with Gasteiger partial charge in [-0.15, -0.1) is 0 Å². The molecule has 1 aromatic carbocycles. The van der Waals surface area contributed by atoms with Crippen LogP contribution in [0.3, 0.4) is 0 Å². The highest BCUT2D eigenvalue weighted by Gasteiger charge is 2.06. The van der Waals surface area contributed by atoms with Crippen molar-refractivity contribution in [3.8, 4) is 16.2 Å². The molecule has 0 aliphatic carbocycles. The maximum atomic E-state index is 5.33. The number of aromatic nitrogens is 1. The van der Waals surface area contributed by atoms with Gasteiger partial charge >= 0.3 is 0 Å². The highest BCUT2D eigenvalue weighted by atomic mass is 32.1. The molecule has 0 aliphatic rings. The molecule has 0 N–H and O–H groups in total. The standard InChI is InChI=1S/C11H11NOS/c1-8-3-4-9(10(7-8)13-2)11-5-6-12-14-11/h3-7H,1-2H3. The molecule has 2 nitrogen and oxygen atoms in total. The first-order chi connectivity index (χ1) is 6.81. The van der Waals surface area contributed by atoms with Crippen molar-refractivity contribution in [2.75, 3.05) is 7.11 Å². The molecule has 1 aromatic heterocycles. The number of aryl methyl sites for hydroxylation is 1. The van der Waals surface area contributed by atoms with Crippen molar-refractivity contribution in [2.45, 2.75) is 6.92 Å². The van der Waals surface area contributed by atoms with E-state index in [0.717, 1.165) is 16.2 Å². The van der Waals surface area contributed by atoms with Gasteiger partial charge in [0.1, 0.15) is 5.75 Å². The molecule has 0 spiro atoms. The molecule has 0 radical (unpaired) electrons. The summed E-state index contributed by atoms with van der Waals surface area (Å²) in [5, 5.41) is 0. The molecule has 0 unspecified atom stereocenters. The number of hydrogen-bond acceptors (Lipinski definition) is 3. The van der Waals surface area contributed by atoms with Crippen molar-refractivity contribution < 1.29 is 4.74 Å². The molecule has 0 fully saturated rings. The molecule has 0 bridgehead atoms. The van der Waals surface area contributed by atoms with E-state index in [1.165, 1.54) is 17.1 Å². The maximum Gasteiger partial charge on any atom is 0.127 e. The van der Waals surface area contributed by atoms with Crippen molar-refractivity contribution in [3.05, 3.63) is 36.0 Å². The first kappa shape index (κ1) is 9.21. The average molecular weight is 205 g/mol. The Kier molecular flexibility index (Phi) is 2.50. The summed E-state index contributed by atoms with van der Waals surface area (Å²) in [4.78, 5) is 1.14. The maximum absolute atomic E-state index is 5.33. The zero-order valence-corrected chi connectivity index (χ0v) is 8.97. The van der Waals surface area contributed by atoms with Gasteiger partial charge in [0, 0.05) is 11.8 Å². The fourth-order valence-corrected chi connectivity index (χ4v) is 1.98. The molecule has 2 aromatic rings. The molecular weight excluding hydrogens is 194 g/mol. The Morgan fingerprint density at radius 2 is 2.14 bits per heavy atom. The van der Waals surface area contributed by atoms with Crippen molar-refractivity contribution >= 4 is 11.5 Å². The molecule has 3 heteroatoms. The highest BCUT2D eigenvalue weighted by molar-refractivity contribution is 7.09. The van der Waals surface area contributed by atoms with Gasteiger partial charge in [0.15, 0.2) is 0 Å². The molecule has 14 heavy (non-hydrogen) atoms. The van der Waals surface area contributed by atoms with Gasteiger partial charge in [-0.3, -0.25) is 0 Å². The van der Waals surface area contributed by atoms with E-state index < -0.39 is 0 Å². The first-order valence-corrected chi connectivity index (χ1v) is 5.14. The Bertz CT molecular complexity index is 423. The van der Waals surface area contributed by atoms with Crippen molar-refractivity contribution in [1.82, 2.24) is 4.37 Å². The summed E-state index contributed by atoms with van der Waals surface area (Å²) < 4.78 is 9.41. The quantitative estimate of drug-likeness (QED) is 0.751. The van der Waals surface area contributed by atoms with Crippen LogP contribution in [0.15, 0.2) is 30.5 Å².